The summed E-state index contributed by atoms with van der Waals surface area (Å²) in [6, 6.07) is 13.5. The van der Waals surface area contributed by atoms with Gasteiger partial charge in [0, 0.05) is 29.9 Å². The number of hydrogen-bond donors (Lipinski definition) is 2. The van der Waals surface area contributed by atoms with Crippen LogP contribution in [0.1, 0.15) is 18.1 Å². The normalized spacial score (nSPS) is 10.2. The summed E-state index contributed by atoms with van der Waals surface area (Å²) in [4.78, 5) is 11.1. The SMILES string of the molecule is CC(=O)Nc1ccc(C)c(NCc2cccc(Cl)c2)c1. The lowest BCUT2D eigenvalue weighted by atomic mass is 10.1. The molecule has 1 amide bonds. The quantitative estimate of drug-likeness (QED) is 0.884. The van der Waals surface area contributed by atoms with E-state index in [0.29, 0.717) is 6.54 Å². The van der Waals surface area contributed by atoms with Gasteiger partial charge in [-0.25, -0.2) is 0 Å². The van der Waals surface area contributed by atoms with Crippen molar-refractivity contribution in [3.8, 4) is 0 Å². The summed E-state index contributed by atoms with van der Waals surface area (Å²) in [7, 11) is 0. The molecule has 2 aromatic carbocycles. The van der Waals surface area contributed by atoms with Crippen LogP contribution in [0, 0.1) is 6.92 Å². The number of rotatable bonds is 4. The molecule has 0 aliphatic carbocycles. The van der Waals surface area contributed by atoms with Crippen LogP contribution in [0.25, 0.3) is 0 Å². The molecule has 0 aromatic heterocycles. The first-order chi connectivity index (χ1) is 9.54. The number of halogens is 1. The van der Waals surface area contributed by atoms with E-state index in [1.165, 1.54) is 6.92 Å². The van der Waals surface area contributed by atoms with Gasteiger partial charge in [-0.3, -0.25) is 4.79 Å². The molecule has 2 rings (SSSR count). The second-order valence-electron chi connectivity index (χ2n) is 4.69. The maximum absolute atomic E-state index is 11.1. The van der Waals surface area contributed by atoms with Crippen LogP contribution in [0.3, 0.4) is 0 Å². The van der Waals surface area contributed by atoms with Crippen molar-refractivity contribution >= 4 is 28.9 Å². The molecule has 0 aliphatic heterocycles. The fourth-order valence-corrected chi connectivity index (χ4v) is 2.15. The lowest BCUT2D eigenvalue weighted by Crippen LogP contribution is -2.07. The Morgan fingerprint density at radius 2 is 2.00 bits per heavy atom. The molecular formula is C16H17ClN2O. The highest BCUT2D eigenvalue weighted by molar-refractivity contribution is 6.30. The van der Waals surface area contributed by atoms with Crippen molar-refractivity contribution in [2.24, 2.45) is 0 Å². The standard InChI is InChI=1S/C16H17ClN2O/c1-11-6-7-15(19-12(2)20)9-16(11)18-10-13-4-3-5-14(17)8-13/h3-9,18H,10H2,1-2H3,(H,19,20). The van der Waals surface area contributed by atoms with Crippen molar-refractivity contribution in [1.82, 2.24) is 0 Å². The van der Waals surface area contributed by atoms with Crippen LogP contribution < -0.4 is 10.6 Å². The van der Waals surface area contributed by atoms with Crippen molar-refractivity contribution in [3.63, 3.8) is 0 Å². The van der Waals surface area contributed by atoms with E-state index in [1.807, 2.05) is 49.4 Å². The number of nitrogens with one attached hydrogen (secondary N) is 2. The molecule has 0 radical (unpaired) electrons. The molecule has 0 fully saturated rings. The first-order valence-electron chi connectivity index (χ1n) is 6.41. The third kappa shape index (κ3) is 4.00. The van der Waals surface area contributed by atoms with Crippen LogP contribution in [0.4, 0.5) is 11.4 Å². The molecule has 0 saturated carbocycles. The third-order valence-corrected chi connectivity index (χ3v) is 3.17. The first-order valence-corrected chi connectivity index (χ1v) is 6.79. The number of carbonyl (C=O) groups excluding carboxylic acids is 1. The van der Waals surface area contributed by atoms with Crippen molar-refractivity contribution < 1.29 is 4.79 Å². The van der Waals surface area contributed by atoms with Gasteiger partial charge >= 0.3 is 0 Å². The third-order valence-electron chi connectivity index (χ3n) is 2.93. The highest BCUT2D eigenvalue weighted by atomic mass is 35.5. The molecule has 0 spiro atoms. The van der Waals surface area contributed by atoms with Crippen molar-refractivity contribution in [3.05, 3.63) is 58.6 Å². The van der Waals surface area contributed by atoms with E-state index in [9.17, 15) is 4.79 Å². The van der Waals surface area contributed by atoms with Gasteiger partial charge in [0.25, 0.3) is 0 Å². The zero-order valence-corrected chi connectivity index (χ0v) is 12.3. The maximum atomic E-state index is 11.1. The van der Waals surface area contributed by atoms with E-state index < -0.39 is 0 Å². The molecule has 4 heteroatoms. The van der Waals surface area contributed by atoms with Gasteiger partial charge in [0.05, 0.1) is 0 Å². The minimum absolute atomic E-state index is 0.0744. The van der Waals surface area contributed by atoms with E-state index in [1.54, 1.807) is 0 Å². The molecule has 0 bridgehead atoms. The van der Waals surface area contributed by atoms with Crippen molar-refractivity contribution in [1.29, 1.82) is 0 Å². The Morgan fingerprint density at radius 3 is 2.70 bits per heavy atom. The van der Waals surface area contributed by atoms with Gasteiger partial charge in [-0.2, -0.15) is 0 Å². The van der Waals surface area contributed by atoms with Crippen LogP contribution >= 0.6 is 11.6 Å². The Kier molecular flexibility index (Phi) is 4.64. The summed E-state index contributed by atoms with van der Waals surface area (Å²) in [5.74, 6) is -0.0744. The Bertz CT molecular complexity index is 626. The number of amides is 1. The molecule has 0 atom stereocenters. The average Bonchev–Trinajstić information content (AvgIpc) is 2.39. The van der Waals surface area contributed by atoms with E-state index in [4.69, 9.17) is 11.6 Å². The summed E-state index contributed by atoms with van der Waals surface area (Å²) in [5, 5.41) is 6.87. The molecule has 2 aromatic rings. The maximum Gasteiger partial charge on any atom is 0.221 e. The van der Waals surface area contributed by atoms with E-state index in [-0.39, 0.29) is 5.91 Å². The summed E-state index contributed by atoms with van der Waals surface area (Å²) < 4.78 is 0. The largest absolute Gasteiger partial charge is 0.381 e. The summed E-state index contributed by atoms with van der Waals surface area (Å²) >= 11 is 5.97. The topological polar surface area (TPSA) is 41.1 Å². The van der Waals surface area contributed by atoms with Gasteiger partial charge in [0.1, 0.15) is 0 Å². The summed E-state index contributed by atoms with van der Waals surface area (Å²) in [6.07, 6.45) is 0. The van der Waals surface area contributed by atoms with Gasteiger partial charge < -0.3 is 10.6 Å². The predicted octanol–water partition coefficient (Wildman–Crippen LogP) is 4.22. The Labute approximate surface area is 124 Å². The van der Waals surface area contributed by atoms with Gasteiger partial charge in [-0.1, -0.05) is 29.8 Å². The summed E-state index contributed by atoms with van der Waals surface area (Å²) in [5.41, 5.74) is 4.02. The number of carbonyl (C=O) groups is 1. The van der Waals surface area contributed by atoms with Crippen LogP contribution in [-0.2, 0) is 11.3 Å². The van der Waals surface area contributed by atoms with Crippen molar-refractivity contribution in [2.45, 2.75) is 20.4 Å². The summed E-state index contributed by atoms with van der Waals surface area (Å²) in [6.45, 7) is 4.21. The number of hydrogen-bond acceptors (Lipinski definition) is 2. The van der Waals surface area contributed by atoms with E-state index in [2.05, 4.69) is 10.6 Å². The highest BCUT2D eigenvalue weighted by Gasteiger charge is 2.02. The Balaban J connectivity index is 2.10. The van der Waals surface area contributed by atoms with Crippen LogP contribution in [0.5, 0.6) is 0 Å². The number of benzene rings is 2. The lowest BCUT2D eigenvalue weighted by Gasteiger charge is -2.12. The Hall–Kier alpha value is -2.00. The van der Waals surface area contributed by atoms with Gasteiger partial charge in [0.15, 0.2) is 0 Å². The van der Waals surface area contributed by atoms with Gasteiger partial charge in [-0.05, 0) is 42.3 Å². The molecule has 2 N–H and O–H groups in total. The molecule has 3 nitrogen and oxygen atoms in total. The Morgan fingerprint density at radius 1 is 1.20 bits per heavy atom. The second-order valence-corrected chi connectivity index (χ2v) is 5.13. The molecule has 0 unspecified atom stereocenters. The minimum atomic E-state index is -0.0744. The smallest absolute Gasteiger partial charge is 0.221 e. The molecular weight excluding hydrogens is 272 g/mol. The number of aryl methyl sites for hydroxylation is 1. The average molecular weight is 289 g/mol. The zero-order chi connectivity index (χ0) is 14.5. The molecule has 20 heavy (non-hydrogen) atoms. The lowest BCUT2D eigenvalue weighted by molar-refractivity contribution is -0.114. The fraction of sp³-hybridized carbons (Fsp3) is 0.188. The second kappa shape index (κ2) is 6.44. The molecule has 0 heterocycles. The van der Waals surface area contributed by atoms with Gasteiger partial charge in [-0.15, -0.1) is 0 Å². The monoisotopic (exact) mass is 288 g/mol. The molecule has 0 aliphatic rings. The van der Waals surface area contributed by atoms with E-state index in [0.717, 1.165) is 27.5 Å². The van der Waals surface area contributed by atoms with E-state index >= 15 is 0 Å². The number of anilines is 2. The molecule has 104 valence electrons. The minimum Gasteiger partial charge on any atom is -0.381 e. The van der Waals surface area contributed by atoms with Crippen molar-refractivity contribution in [2.75, 3.05) is 10.6 Å². The first kappa shape index (κ1) is 14.4. The highest BCUT2D eigenvalue weighted by Crippen LogP contribution is 2.21. The van der Waals surface area contributed by atoms with Crippen LogP contribution in [0.2, 0.25) is 5.02 Å². The molecule has 0 saturated heterocycles. The predicted molar refractivity (Wildman–Crippen MR) is 84.3 cm³/mol. The van der Waals surface area contributed by atoms with Gasteiger partial charge in [0.2, 0.25) is 5.91 Å². The fourth-order valence-electron chi connectivity index (χ4n) is 1.94. The van der Waals surface area contributed by atoms with Crippen LogP contribution in [-0.4, -0.2) is 5.91 Å². The van der Waals surface area contributed by atoms with Crippen LogP contribution in [0.15, 0.2) is 42.5 Å². The zero-order valence-electron chi connectivity index (χ0n) is 11.5.